The summed E-state index contributed by atoms with van der Waals surface area (Å²) >= 11 is 1.87. The first-order valence-corrected chi connectivity index (χ1v) is 12.6. The fourth-order valence-corrected chi connectivity index (χ4v) is 6.33. The molecule has 1 unspecified atom stereocenters. The van der Waals surface area contributed by atoms with Gasteiger partial charge in [0.2, 0.25) is 0 Å². The van der Waals surface area contributed by atoms with Gasteiger partial charge in [0.15, 0.2) is 0 Å². The number of anilines is 3. The molecule has 8 nitrogen and oxygen atoms in total. The highest BCUT2D eigenvalue weighted by Gasteiger charge is 2.25. The van der Waals surface area contributed by atoms with Crippen LogP contribution in [0.1, 0.15) is 25.6 Å². The number of carbonyl (C=O) groups excluding carboxylic acids is 2. The Balaban J connectivity index is 1.65. The summed E-state index contributed by atoms with van der Waals surface area (Å²) in [5.41, 5.74) is 3.10. The van der Waals surface area contributed by atoms with Crippen molar-refractivity contribution in [3.63, 3.8) is 0 Å². The smallest absolute Gasteiger partial charge is 0.337 e. The SMILES string of the molecule is COC(=O)c1ccc(N(c2c(Br)sc(C(=O)Nc3ccc4c(ccn4C)c3)c2C)S(=O)[O-])cc1. The Hall–Kier alpha value is -2.99. The lowest BCUT2D eigenvalue weighted by molar-refractivity contribution is 0.0600. The first-order chi connectivity index (χ1) is 16.2. The molecule has 1 amide bonds. The Morgan fingerprint density at radius 3 is 2.53 bits per heavy atom. The van der Waals surface area contributed by atoms with Crippen LogP contribution in [0, 0.1) is 6.92 Å². The molecule has 34 heavy (non-hydrogen) atoms. The largest absolute Gasteiger partial charge is 0.755 e. The third-order valence-corrected chi connectivity index (χ3v) is 7.92. The maximum absolute atomic E-state index is 13.1. The molecule has 0 saturated carbocycles. The molecule has 2 aromatic heterocycles. The fraction of sp³-hybridized carbons (Fsp3) is 0.130. The molecule has 0 fully saturated rings. The van der Waals surface area contributed by atoms with Crippen molar-refractivity contribution in [2.45, 2.75) is 6.92 Å². The van der Waals surface area contributed by atoms with Crippen molar-refractivity contribution in [1.29, 1.82) is 0 Å². The van der Waals surface area contributed by atoms with E-state index in [0.717, 1.165) is 26.5 Å². The van der Waals surface area contributed by atoms with Crippen LogP contribution in [-0.2, 0) is 23.1 Å². The van der Waals surface area contributed by atoms with Gasteiger partial charge in [-0.05, 0) is 76.9 Å². The van der Waals surface area contributed by atoms with Gasteiger partial charge in [-0.1, -0.05) is 0 Å². The van der Waals surface area contributed by atoms with Gasteiger partial charge in [0.25, 0.3) is 5.91 Å². The molecule has 0 saturated heterocycles. The van der Waals surface area contributed by atoms with Crippen LogP contribution in [0.25, 0.3) is 10.9 Å². The Morgan fingerprint density at radius 1 is 1.18 bits per heavy atom. The van der Waals surface area contributed by atoms with E-state index in [9.17, 15) is 18.4 Å². The zero-order valence-electron chi connectivity index (χ0n) is 18.3. The average Bonchev–Trinajstić information content (AvgIpc) is 3.33. The summed E-state index contributed by atoms with van der Waals surface area (Å²) in [6, 6.07) is 13.5. The number of aromatic nitrogens is 1. The number of benzene rings is 2. The molecule has 0 radical (unpaired) electrons. The van der Waals surface area contributed by atoms with Gasteiger partial charge in [-0.3, -0.25) is 13.3 Å². The number of methoxy groups -OCH3 is 1. The van der Waals surface area contributed by atoms with Crippen LogP contribution in [0.4, 0.5) is 17.1 Å². The van der Waals surface area contributed by atoms with E-state index in [1.165, 1.54) is 31.4 Å². The molecular weight excluding hydrogens is 542 g/mol. The van der Waals surface area contributed by atoms with Crippen LogP contribution in [0.2, 0.25) is 0 Å². The zero-order chi connectivity index (χ0) is 24.6. The van der Waals surface area contributed by atoms with Crippen molar-refractivity contribution in [3.05, 3.63) is 74.5 Å². The number of thiophene rings is 1. The molecule has 4 aromatic rings. The molecule has 0 aliphatic carbocycles. The molecule has 0 bridgehead atoms. The molecular formula is C23H19BrN3O5S2-. The normalized spacial score (nSPS) is 11.9. The number of halogens is 1. The average molecular weight is 561 g/mol. The van der Waals surface area contributed by atoms with Crippen LogP contribution in [0.15, 0.2) is 58.5 Å². The summed E-state index contributed by atoms with van der Waals surface area (Å²) in [5, 5.41) is 3.89. The second kappa shape index (κ2) is 9.71. The molecule has 0 aliphatic rings. The lowest BCUT2D eigenvalue weighted by atomic mass is 10.2. The van der Waals surface area contributed by atoms with Crippen molar-refractivity contribution in [1.82, 2.24) is 4.57 Å². The molecule has 2 heterocycles. The van der Waals surface area contributed by atoms with E-state index in [0.29, 0.717) is 36.9 Å². The lowest BCUT2D eigenvalue weighted by Crippen LogP contribution is -2.21. The number of hydrogen-bond donors (Lipinski definition) is 1. The van der Waals surface area contributed by atoms with Gasteiger partial charge < -0.3 is 19.2 Å². The summed E-state index contributed by atoms with van der Waals surface area (Å²) < 4.78 is 32.6. The van der Waals surface area contributed by atoms with E-state index in [1.807, 2.05) is 42.1 Å². The first kappa shape index (κ1) is 24.1. The molecule has 4 rings (SSSR count). The van der Waals surface area contributed by atoms with Crippen LogP contribution in [-0.4, -0.2) is 32.3 Å². The monoisotopic (exact) mass is 560 g/mol. The minimum atomic E-state index is -2.69. The Labute approximate surface area is 210 Å². The van der Waals surface area contributed by atoms with Gasteiger partial charge in [-0.2, -0.15) is 0 Å². The van der Waals surface area contributed by atoms with E-state index in [4.69, 9.17) is 0 Å². The number of nitrogens with zero attached hydrogens (tertiary/aromatic N) is 2. The van der Waals surface area contributed by atoms with Gasteiger partial charge in [0, 0.05) is 29.8 Å². The molecule has 1 atom stereocenters. The lowest BCUT2D eigenvalue weighted by Gasteiger charge is -2.27. The second-order valence-corrected chi connectivity index (χ2v) is 10.5. The van der Waals surface area contributed by atoms with Gasteiger partial charge >= 0.3 is 5.97 Å². The third kappa shape index (κ3) is 4.51. The first-order valence-electron chi connectivity index (χ1n) is 9.94. The summed E-state index contributed by atoms with van der Waals surface area (Å²) in [4.78, 5) is 25.1. The number of fused-ring (bicyclic) bond motifs is 1. The molecule has 2 aromatic carbocycles. The Morgan fingerprint density at radius 2 is 1.88 bits per heavy atom. The maximum Gasteiger partial charge on any atom is 0.337 e. The van der Waals surface area contributed by atoms with E-state index >= 15 is 0 Å². The highest BCUT2D eigenvalue weighted by atomic mass is 79.9. The predicted molar refractivity (Wildman–Crippen MR) is 136 cm³/mol. The highest BCUT2D eigenvalue weighted by molar-refractivity contribution is 9.11. The molecule has 176 valence electrons. The molecule has 0 aliphatic heterocycles. The number of ether oxygens (including phenoxy) is 1. The zero-order valence-corrected chi connectivity index (χ0v) is 21.5. The third-order valence-electron chi connectivity index (χ3n) is 5.30. The molecule has 11 heteroatoms. The number of aryl methyl sites for hydroxylation is 1. The van der Waals surface area contributed by atoms with Crippen molar-refractivity contribution >= 4 is 78.4 Å². The fourth-order valence-electron chi connectivity index (χ4n) is 3.61. The number of rotatable bonds is 6. The molecule has 0 spiro atoms. The Kier molecular flexibility index (Phi) is 6.89. The summed E-state index contributed by atoms with van der Waals surface area (Å²) in [5.74, 6) is -0.871. The van der Waals surface area contributed by atoms with Crippen molar-refractivity contribution < 1.29 is 23.1 Å². The predicted octanol–water partition coefficient (Wildman–Crippen LogP) is 5.28. The standard InChI is InChI=1S/C23H20BrN3O5S2/c1-13-19(27(34(30)31)17-7-4-14(5-8-17)23(29)32-3)21(24)33-20(13)22(28)25-16-6-9-18-15(12-16)10-11-26(18)2/h4-12H,1-3H3,(H,25,28)(H,30,31)/p-1. The minimum absolute atomic E-state index is 0.291. The number of hydrogen-bond acceptors (Lipinski definition) is 6. The number of esters is 1. The van der Waals surface area contributed by atoms with Gasteiger partial charge in [0.05, 0.1) is 44.0 Å². The number of carbonyl (C=O) groups is 2. The van der Waals surface area contributed by atoms with Crippen LogP contribution in [0.3, 0.4) is 0 Å². The van der Waals surface area contributed by atoms with Gasteiger partial charge in [0.1, 0.15) is 0 Å². The maximum atomic E-state index is 13.1. The van der Waals surface area contributed by atoms with E-state index < -0.39 is 17.2 Å². The minimum Gasteiger partial charge on any atom is -0.755 e. The molecule has 1 N–H and O–H groups in total. The van der Waals surface area contributed by atoms with Crippen LogP contribution < -0.4 is 9.62 Å². The van der Waals surface area contributed by atoms with Crippen molar-refractivity contribution in [2.75, 3.05) is 16.7 Å². The van der Waals surface area contributed by atoms with E-state index in [-0.39, 0.29) is 5.91 Å². The van der Waals surface area contributed by atoms with Gasteiger partial charge in [-0.15, -0.1) is 11.3 Å². The van der Waals surface area contributed by atoms with E-state index in [2.05, 4.69) is 26.0 Å². The summed E-state index contributed by atoms with van der Waals surface area (Å²) in [6.07, 6.45) is 1.94. The van der Waals surface area contributed by atoms with Gasteiger partial charge in [-0.25, -0.2) is 4.79 Å². The second-order valence-electron chi connectivity index (χ2n) is 7.38. The topological polar surface area (TPSA) is 104 Å². The number of amides is 1. The summed E-state index contributed by atoms with van der Waals surface area (Å²) in [6.45, 7) is 1.69. The number of nitrogens with one attached hydrogen (secondary N) is 1. The summed E-state index contributed by atoms with van der Waals surface area (Å²) in [7, 11) is 3.22. The van der Waals surface area contributed by atoms with Crippen molar-refractivity contribution in [3.8, 4) is 0 Å². The van der Waals surface area contributed by atoms with Crippen LogP contribution >= 0.6 is 27.3 Å². The Bertz CT molecular complexity index is 1430. The van der Waals surface area contributed by atoms with Crippen LogP contribution in [0.5, 0.6) is 0 Å². The quantitative estimate of drug-likeness (QED) is 0.255. The highest BCUT2D eigenvalue weighted by Crippen LogP contribution is 2.43. The van der Waals surface area contributed by atoms with E-state index in [1.54, 1.807) is 6.92 Å². The van der Waals surface area contributed by atoms with Crippen molar-refractivity contribution in [2.24, 2.45) is 7.05 Å².